The van der Waals surface area contributed by atoms with Gasteiger partial charge in [0.15, 0.2) is 0 Å². The Labute approximate surface area is 108 Å². The predicted molar refractivity (Wildman–Crippen MR) is 69.5 cm³/mol. The molecule has 1 aliphatic heterocycles. The molecule has 0 aromatic heterocycles. The van der Waals surface area contributed by atoms with E-state index in [0.29, 0.717) is 0 Å². The van der Waals surface area contributed by atoms with Gasteiger partial charge in [-0.15, -0.1) is 0 Å². The monoisotopic (exact) mass is 245 g/mol. The maximum Gasteiger partial charge on any atom is 0.310 e. The molecule has 1 heterocycles. The van der Waals surface area contributed by atoms with E-state index in [0.717, 1.165) is 19.0 Å². The van der Waals surface area contributed by atoms with Crippen LogP contribution in [-0.2, 0) is 9.53 Å². The molecule has 2 atom stereocenters. The Kier molecular flexibility index (Phi) is 3.08. The quantitative estimate of drug-likeness (QED) is 0.828. The Morgan fingerprint density at radius 3 is 2.44 bits per heavy atom. The normalized spacial score (nSPS) is 27.2. The summed E-state index contributed by atoms with van der Waals surface area (Å²) in [7, 11) is 1.47. The van der Waals surface area contributed by atoms with E-state index >= 15 is 0 Å². The van der Waals surface area contributed by atoms with Crippen LogP contribution in [0, 0.1) is 5.92 Å². The fourth-order valence-electron chi connectivity index (χ4n) is 2.86. The van der Waals surface area contributed by atoms with Gasteiger partial charge in [-0.2, -0.15) is 0 Å². The van der Waals surface area contributed by atoms with Crippen molar-refractivity contribution in [3.05, 3.63) is 35.4 Å². The maximum absolute atomic E-state index is 11.7. The van der Waals surface area contributed by atoms with Crippen LogP contribution in [0.3, 0.4) is 0 Å². The molecular formula is C15H19NO2. The highest BCUT2D eigenvalue weighted by Gasteiger charge is 2.34. The molecule has 0 unspecified atom stereocenters. The van der Waals surface area contributed by atoms with Gasteiger partial charge >= 0.3 is 5.97 Å². The Hall–Kier alpha value is -1.35. The molecular weight excluding hydrogens is 226 g/mol. The molecule has 2 fully saturated rings. The van der Waals surface area contributed by atoms with E-state index in [2.05, 4.69) is 29.6 Å². The zero-order valence-electron chi connectivity index (χ0n) is 10.7. The number of methoxy groups -OCH3 is 1. The number of carbonyl (C=O) groups excluding carboxylic acids is 1. The van der Waals surface area contributed by atoms with Crippen LogP contribution < -0.4 is 5.32 Å². The molecule has 1 saturated carbocycles. The van der Waals surface area contributed by atoms with Crippen molar-refractivity contribution in [1.82, 2.24) is 5.32 Å². The average molecular weight is 245 g/mol. The first-order valence-electron chi connectivity index (χ1n) is 6.68. The van der Waals surface area contributed by atoms with Crippen LogP contribution >= 0.6 is 0 Å². The van der Waals surface area contributed by atoms with Crippen molar-refractivity contribution in [3.8, 4) is 0 Å². The van der Waals surface area contributed by atoms with Crippen LogP contribution in [0.25, 0.3) is 0 Å². The highest BCUT2D eigenvalue weighted by Crippen LogP contribution is 2.40. The second-order valence-electron chi connectivity index (χ2n) is 5.34. The molecule has 1 aromatic carbocycles. The van der Waals surface area contributed by atoms with Crippen molar-refractivity contribution >= 4 is 5.97 Å². The number of esters is 1. The fraction of sp³-hybridized carbons (Fsp3) is 0.533. The Bertz CT molecular complexity index is 436. The molecule has 96 valence electrons. The van der Waals surface area contributed by atoms with E-state index in [9.17, 15) is 4.79 Å². The summed E-state index contributed by atoms with van der Waals surface area (Å²) in [6.07, 6.45) is 2.66. The number of rotatable bonds is 3. The highest BCUT2D eigenvalue weighted by molar-refractivity contribution is 5.74. The summed E-state index contributed by atoms with van der Waals surface area (Å²) >= 11 is 0. The molecule has 0 amide bonds. The van der Waals surface area contributed by atoms with Crippen LogP contribution in [0.5, 0.6) is 0 Å². The predicted octanol–water partition coefficient (Wildman–Crippen LogP) is 2.04. The molecule has 3 heteroatoms. The molecule has 18 heavy (non-hydrogen) atoms. The number of benzene rings is 1. The third-order valence-electron chi connectivity index (χ3n) is 4.13. The summed E-state index contributed by atoms with van der Waals surface area (Å²) in [6.45, 7) is 1.59. The lowest BCUT2D eigenvalue weighted by Crippen LogP contribution is -2.22. The average Bonchev–Trinajstić information content (AvgIpc) is 3.15. The first kappa shape index (κ1) is 11.7. The summed E-state index contributed by atoms with van der Waals surface area (Å²) in [4.78, 5) is 11.7. The van der Waals surface area contributed by atoms with Crippen molar-refractivity contribution in [2.75, 3.05) is 20.2 Å². The Morgan fingerprint density at radius 2 is 1.83 bits per heavy atom. The van der Waals surface area contributed by atoms with Gasteiger partial charge in [-0.05, 0) is 29.9 Å². The van der Waals surface area contributed by atoms with Crippen LogP contribution in [-0.4, -0.2) is 26.2 Å². The van der Waals surface area contributed by atoms with E-state index in [4.69, 9.17) is 4.74 Å². The van der Waals surface area contributed by atoms with Crippen molar-refractivity contribution in [2.45, 2.75) is 24.7 Å². The van der Waals surface area contributed by atoms with E-state index in [1.165, 1.54) is 31.1 Å². The number of nitrogens with one attached hydrogen (secondary N) is 1. The Morgan fingerprint density at radius 1 is 1.17 bits per heavy atom. The van der Waals surface area contributed by atoms with Gasteiger partial charge in [0.1, 0.15) is 0 Å². The molecule has 1 aliphatic carbocycles. The zero-order chi connectivity index (χ0) is 12.5. The SMILES string of the molecule is COC(=O)[C@@H]1CNC[C@H]1c1ccc(C2CC2)cc1. The minimum atomic E-state index is -0.101. The number of carbonyl (C=O) groups is 1. The highest BCUT2D eigenvalue weighted by atomic mass is 16.5. The van der Waals surface area contributed by atoms with Gasteiger partial charge in [-0.1, -0.05) is 24.3 Å². The number of hydrogen-bond donors (Lipinski definition) is 1. The smallest absolute Gasteiger partial charge is 0.310 e. The molecule has 0 radical (unpaired) electrons. The minimum absolute atomic E-state index is 0.0400. The lowest BCUT2D eigenvalue weighted by molar-refractivity contribution is -0.145. The lowest BCUT2D eigenvalue weighted by atomic mass is 9.88. The van der Waals surface area contributed by atoms with Gasteiger partial charge in [-0.3, -0.25) is 4.79 Å². The third kappa shape index (κ3) is 2.15. The first-order valence-corrected chi connectivity index (χ1v) is 6.68. The maximum atomic E-state index is 11.7. The summed E-state index contributed by atoms with van der Waals surface area (Å²) in [6, 6.07) is 8.81. The summed E-state index contributed by atoms with van der Waals surface area (Å²) in [5.41, 5.74) is 2.69. The molecule has 3 rings (SSSR count). The standard InChI is InChI=1S/C15H19NO2/c1-18-15(17)14-9-16-8-13(14)12-6-4-11(5-7-12)10-2-3-10/h4-7,10,13-14,16H,2-3,8-9H2,1H3/t13-,14+/m0/s1. The van der Waals surface area contributed by atoms with E-state index < -0.39 is 0 Å². The van der Waals surface area contributed by atoms with Gasteiger partial charge in [0, 0.05) is 19.0 Å². The van der Waals surface area contributed by atoms with Gasteiger partial charge < -0.3 is 10.1 Å². The van der Waals surface area contributed by atoms with Crippen LogP contribution in [0.15, 0.2) is 24.3 Å². The molecule has 3 nitrogen and oxygen atoms in total. The first-order chi connectivity index (χ1) is 8.79. The second kappa shape index (κ2) is 4.73. The number of hydrogen-bond acceptors (Lipinski definition) is 3. The van der Waals surface area contributed by atoms with Gasteiger partial charge in [0.25, 0.3) is 0 Å². The minimum Gasteiger partial charge on any atom is -0.469 e. The molecule has 0 spiro atoms. The molecule has 1 N–H and O–H groups in total. The molecule has 1 aromatic rings. The molecule has 2 aliphatic rings. The van der Waals surface area contributed by atoms with Crippen molar-refractivity contribution < 1.29 is 9.53 Å². The largest absolute Gasteiger partial charge is 0.469 e. The van der Waals surface area contributed by atoms with Crippen LogP contribution in [0.2, 0.25) is 0 Å². The summed E-state index contributed by atoms with van der Waals surface area (Å²) < 4.78 is 4.88. The topological polar surface area (TPSA) is 38.3 Å². The number of ether oxygens (including phenoxy) is 1. The Balaban J connectivity index is 1.78. The van der Waals surface area contributed by atoms with Crippen molar-refractivity contribution in [2.24, 2.45) is 5.92 Å². The summed E-state index contributed by atoms with van der Waals surface area (Å²) in [5, 5.41) is 3.29. The second-order valence-corrected chi connectivity index (χ2v) is 5.34. The van der Waals surface area contributed by atoms with Crippen LogP contribution in [0.4, 0.5) is 0 Å². The van der Waals surface area contributed by atoms with Crippen LogP contribution in [0.1, 0.15) is 35.8 Å². The summed E-state index contributed by atoms with van der Waals surface area (Å²) in [5.74, 6) is 0.904. The van der Waals surface area contributed by atoms with Gasteiger partial charge in [0.2, 0.25) is 0 Å². The van der Waals surface area contributed by atoms with E-state index in [-0.39, 0.29) is 17.8 Å². The molecule has 1 saturated heterocycles. The molecule has 0 bridgehead atoms. The van der Waals surface area contributed by atoms with E-state index in [1.54, 1.807) is 0 Å². The lowest BCUT2D eigenvalue weighted by Gasteiger charge is -2.17. The van der Waals surface area contributed by atoms with Crippen molar-refractivity contribution in [1.29, 1.82) is 0 Å². The zero-order valence-corrected chi connectivity index (χ0v) is 10.7. The van der Waals surface area contributed by atoms with Gasteiger partial charge in [-0.25, -0.2) is 0 Å². The van der Waals surface area contributed by atoms with E-state index in [1.807, 2.05) is 0 Å². The fourth-order valence-corrected chi connectivity index (χ4v) is 2.86. The van der Waals surface area contributed by atoms with Gasteiger partial charge in [0.05, 0.1) is 13.0 Å². The van der Waals surface area contributed by atoms with Crippen molar-refractivity contribution in [3.63, 3.8) is 0 Å². The third-order valence-corrected chi connectivity index (χ3v) is 4.13.